The molecule has 2 nitrogen and oxygen atoms in total. The fourth-order valence-corrected chi connectivity index (χ4v) is 2.10. The van der Waals surface area contributed by atoms with Gasteiger partial charge in [0.2, 0.25) is 0 Å². The van der Waals surface area contributed by atoms with E-state index in [-0.39, 0.29) is 0 Å². The molecule has 0 bridgehead atoms. The lowest BCUT2D eigenvalue weighted by molar-refractivity contribution is 0.205. The summed E-state index contributed by atoms with van der Waals surface area (Å²) in [6.45, 7) is 7.95. The monoisotopic (exact) mass is 197 g/mol. The Morgan fingerprint density at radius 3 is 2.57 bits per heavy atom. The van der Waals surface area contributed by atoms with Crippen molar-refractivity contribution in [1.82, 2.24) is 0 Å². The van der Waals surface area contributed by atoms with E-state index >= 15 is 0 Å². The summed E-state index contributed by atoms with van der Waals surface area (Å²) in [7, 11) is 1.73. The molecule has 0 spiro atoms. The Balaban J connectivity index is 2.56. The summed E-state index contributed by atoms with van der Waals surface area (Å²) in [4.78, 5) is 4.41. The number of nitrogens with zero attached hydrogens (tertiary/aromatic N) is 1. The molecule has 0 aromatic rings. The highest BCUT2D eigenvalue weighted by Gasteiger charge is 2.25. The normalized spacial score (nSPS) is 24.9. The van der Waals surface area contributed by atoms with Crippen LogP contribution >= 0.6 is 0 Å². The van der Waals surface area contributed by atoms with Crippen LogP contribution < -0.4 is 0 Å². The van der Waals surface area contributed by atoms with E-state index in [9.17, 15) is 0 Å². The molecule has 1 rings (SSSR count). The third kappa shape index (κ3) is 3.32. The highest BCUT2D eigenvalue weighted by Crippen LogP contribution is 2.34. The predicted octanol–water partition coefficient (Wildman–Crippen LogP) is 3.27. The van der Waals surface area contributed by atoms with Crippen LogP contribution in [-0.2, 0) is 4.74 Å². The van der Waals surface area contributed by atoms with Gasteiger partial charge in [0, 0.05) is 13.0 Å². The first-order valence-corrected chi connectivity index (χ1v) is 5.61. The second-order valence-electron chi connectivity index (χ2n) is 5.22. The molecule has 0 fully saturated rings. The fourth-order valence-electron chi connectivity index (χ4n) is 2.10. The Morgan fingerprint density at radius 2 is 2.00 bits per heavy atom. The number of rotatable bonds is 0. The van der Waals surface area contributed by atoms with E-state index in [1.807, 2.05) is 0 Å². The Labute approximate surface area is 87.8 Å². The molecule has 1 aliphatic heterocycles. The van der Waals surface area contributed by atoms with Crippen molar-refractivity contribution in [2.75, 3.05) is 13.7 Å². The molecule has 0 radical (unpaired) electrons. The van der Waals surface area contributed by atoms with Gasteiger partial charge in [0.05, 0.1) is 7.11 Å². The average Bonchev–Trinajstić information content (AvgIpc) is 2.01. The zero-order chi connectivity index (χ0) is 10.6. The third-order valence-corrected chi connectivity index (χ3v) is 3.17. The molecule has 1 unspecified atom stereocenters. The molecule has 0 aliphatic carbocycles. The minimum atomic E-state index is 0.427. The summed E-state index contributed by atoms with van der Waals surface area (Å²) in [6.07, 6.45) is 4.74. The van der Waals surface area contributed by atoms with Gasteiger partial charge in [-0.2, -0.15) is 0 Å². The van der Waals surface area contributed by atoms with E-state index in [4.69, 9.17) is 4.74 Å². The lowest BCUT2D eigenvalue weighted by Gasteiger charge is -2.31. The highest BCUT2D eigenvalue weighted by atomic mass is 16.5. The number of hydrogen-bond acceptors (Lipinski definition) is 2. The molecule has 14 heavy (non-hydrogen) atoms. The minimum Gasteiger partial charge on any atom is -0.484 e. The summed E-state index contributed by atoms with van der Waals surface area (Å²) in [6, 6.07) is 0. The highest BCUT2D eigenvalue weighted by molar-refractivity contribution is 5.75. The summed E-state index contributed by atoms with van der Waals surface area (Å²) < 4.78 is 5.24. The minimum absolute atomic E-state index is 0.427. The maximum absolute atomic E-state index is 5.24. The van der Waals surface area contributed by atoms with Gasteiger partial charge in [-0.3, -0.25) is 4.99 Å². The van der Waals surface area contributed by atoms with Gasteiger partial charge in [0.25, 0.3) is 0 Å². The van der Waals surface area contributed by atoms with E-state index in [2.05, 4.69) is 25.8 Å². The zero-order valence-electron chi connectivity index (χ0n) is 9.97. The van der Waals surface area contributed by atoms with E-state index in [0.717, 1.165) is 24.8 Å². The molecule has 0 N–H and O–H groups in total. The Bertz CT molecular complexity index is 203. The molecule has 0 aromatic carbocycles. The number of methoxy groups -OCH3 is 1. The van der Waals surface area contributed by atoms with E-state index in [0.29, 0.717) is 5.41 Å². The average molecular weight is 197 g/mol. The number of aliphatic imine (C=N–C) groups is 1. The van der Waals surface area contributed by atoms with Crippen LogP contribution in [0.2, 0.25) is 0 Å². The van der Waals surface area contributed by atoms with Gasteiger partial charge in [-0.1, -0.05) is 20.8 Å². The summed E-state index contributed by atoms with van der Waals surface area (Å²) in [5.74, 6) is 1.75. The van der Waals surface area contributed by atoms with Gasteiger partial charge in [-0.25, -0.2) is 0 Å². The van der Waals surface area contributed by atoms with Crippen LogP contribution in [0.3, 0.4) is 0 Å². The summed E-state index contributed by atoms with van der Waals surface area (Å²) >= 11 is 0. The fraction of sp³-hybridized carbons (Fsp3) is 0.917. The van der Waals surface area contributed by atoms with Gasteiger partial charge < -0.3 is 4.74 Å². The van der Waals surface area contributed by atoms with Crippen LogP contribution in [0.4, 0.5) is 0 Å². The van der Waals surface area contributed by atoms with Crippen molar-refractivity contribution in [3.8, 4) is 0 Å². The molecule has 1 aliphatic rings. The number of ether oxygens (including phenoxy) is 1. The Kier molecular flexibility index (Phi) is 3.97. The lowest BCUT2D eigenvalue weighted by Crippen LogP contribution is -2.23. The van der Waals surface area contributed by atoms with Gasteiger partial charge >= 0.3 is 0 Å². The van der Waals surface area contributed by atoms with Crippen molar-refractivity contribution in [3.63, 3.8) is 0 Å². The first kappa shape index (κ1) is 11.5. The topological polar surface area (TPSA) is 21.6 Å². The predicted molar refractivity (Wildman–Crippen MR) is 60.7 cm³/mol. The molecule has 0 amide bonds. The van der Waals surface area contributed by atoms with Gasteiger partial charge in [-0.05, 0) is 30.6 Å². The van der Waals surface area contributed by atoms with Crippen molar-refractivity contribution in [3.05, 3.63) is 0 Å². The second kappa shape index (κ2) is 4.81. The third-order valence-electron chi connectivity index (χ3n) is 3.17. The largest absolute Gasteiger partial charge is 0.484 e. The van der Waals surface area contributed by atoms with Crippen LogP contribution in [0.25, 0.3) is 0 Å². The Morgan fingerprint density at radius 1 is 1.29 bits per heavy atom. The first-order valence-electron chi connectivity index (χ1n) is 5.61. The van der Waals surface area contributed by atoms with E-state index in [1.165, 1.54) is 19.3 Å². The van der Waals surface area contributed by atoms with Gasteiger partial charge in [0.1, 0.15) is 0 Å². The Hall–Kier alpha value is -0.530. The molecule has 0 aromatic heterocycles. The molecule has 82 valence electrons. The molecule has 1 heterocycles. The van der Waals surface area contributed by atoms with Crippen LogP contribution in [0.5, 0.6) is 0 Å². The maximum atomic E-state index is 5.24. The molecular weight excluding hydrogens is 174 g/mol. The summed E-state index contributed by atoms with van der Waals surface area (Å²) in [5, 5.41) is 0. The standard InChI is InChI=1S/C12H23NO/c1-12(2,3)10-6-5-9-13-11(14-4)8-7-10/h10H,5-9H2,1-4H3. The smallest absolute Gasteiger partial charge is 0.182 e. The van der Waals surface area contributed by atoms with Crippen molar-refractivity contribution < 1.29 is 4.74 Å². The van der Waals surface area contributed by atoms with Gasteiger partial charge in [0.15, 0.2) is 5.90 Å². The number of hydrogen-bond donors (Lipinski definition) is 0. The second-order valence-corrected chi connectivity index (χ2v) is 5.22. The van der Waals surface area contributed by atoms with Crippen LogP contribution in [0.15, 0.2) is 4.99 Å². The van der Waals surface area contributed by atoms with Crippen molar-refractivity contribution >= 4 is 5.90 Å². The molecule has 0 saturated heterocycles. The molecule has 2 heteroatoms. The van der Waals surface area contributed by atoms with Crippen molar-refractivity contribution in [1.29, 1.82) is 0 Å². The van der Waals surface area contributed by atoms with Crippen LogP contribution in [0, 0.1) is 11.3 Å². The van der Waals surface area contributed by atoms with Crippen molar-refractivity contribution in [2.45, 2.75) is 46.5 Å². The van der Waals surface area contributed by atoms with Crippen LogP contribution in [-0.4, -0.2) is 19.6 Å². The van der Waals surface area contributed by atoms with E-state index in [1.54, 1.807) is 7.11 Å². The van der Waals surface area contributed by atoms with Crippen molar-refractivity contribution in [2.24, 2.45) is 16.3 Å². The summed E-state index contributed by atoms with van der Waals surface area (Å²) in [5.41, 5.74) is 0.427. The van der Waals surface area contributed by atoms with Gasteiger partial charge in [-0.15, -0.1) is 0 Å². The SMILES string of the molecule is COC1=NCCCC(C(C)(C)C)CC1. The molecule has 1 atom stereocenters. The van der Waals surface area contributed by atoms with Crippen LogP contribution in [0.1, 0.15) is 46.5 Å². The first-order chi connectivity index (χ1) is 6.54. The lowest BCUT2D eigenvalue weighted by atomic mass is 9.75. The maximum Gasteiger partial charge on any atom is 0.182 e. The quantitative estimate of drug-likeness (QED) is 0.584. The molecule has 0 saturated carbocycles. The molecular formula is C12H23NO. The van der Waals surface area contributed by atoms with E-state index < -0.39 is 0 Å². The zero-order valence-corrected chi connectivity index (χ0v) is 9.97.